The van der Waals surface area contributed by atoms with Gasteiger partial charge in [0.15, 0.2) is 5.82 Å². The number of hydrogen-bond acceptors (Lipinski definition) is 7. The minimum absolute atomic E-state index is 0.00984. The Balaban J connectivity index is 1.89. The summed E-state index contributed by atoms with van der Waals surface area (Å²) in [6, 6.07) is 3.64. The third kappa shape index (κ3) is 1.64. The quantitative estimate of drug-likeness (QED) is 0.540. The zero-order valence-corrected chi connectivity index (χ0v) is 9.65. The molecule has 0 spiro atoms. The maximum Gasteiger partial charge on any atom is 0.254 e. The maximum atomic E-state index is 10.5. The van der Waals surface area contributed by atoms with Gasteiger partial charge in [0.25, 0.3) is 5.91 Å². The Hall–Kier alpha value is -1.41. The van der Waals surface area contributed by atoms with Gasteiger partial charge >= 0.3 is 0 Å². The average Bonchev–Trinajstić information content (AvgIpc) is 2.91. The standard InChI is InChI=1S/C11H15N3O4/c15-5-9-8(16)4-11(17,18-9)14-6-13-7-2-1-3-12-10(7)14/h1-3,8-9,13,15-17H,4-6H2/t8-,9+,11+/m0/s1. The number of aliphatic hydroxyl groups is 3. The van der Waals surface area contributed by atoms with Crippen molar-refractivity contribution in [3.05, 3.63) is 18.3 Å². The van der Waals surface area contributed by atoms with Crippen LogP contribution < -0.4 is 10.2 Å². The molecule has 3 heterocycles. The van der Waals surface area contributed by atoms with Gasteiger partial charge in [0.1, 0.15) is 6.10 Å². The SMILES string of the molecule is OC[C@H]1O[C@@](O)(N2CNc3cccnc32)C[C@@H]1O. The molecule has 0 amide bonds. The van der Waals surface area contributed by atoms with Crippen molar-refractivity contribution in [2.45, 2.75) is 24.5 Å². The monoisotopic (exact) mass is 253 g/mol. The summed E-state index contributed by atoms with van der Waals surface area (Å²) < 4.78 is 5.35. The number of anilines is 2. The van der Waals surface area contributed by atoms with Gasteiger partial charge in [-0.05, 0) is 12.1 Å². The van der Waals surface area contributed by atoms with Crippen molar-refractivity contribution in [1.82, 2.24) is 4.98 Å². The second kappa shape index (κ2) is 4.06. The smallest absolute Gasteiger partial charge is 0.254 e. The van der Waals surface area contributed by atoms with Crippen LogP contribution in [0.2, 0.25) is 0 Å². The Morgan fingerprint density at radius 1 is 1.61 bits per heavy atom. The molecule has 2 aliphatic heterocycles. The predicted octanol–water partition coefficient (Wildman–Crippen LogP) is -0.941. The van der Waals surface area contributed by atoms with Gasteiger partial charge in [0.05, 0.1) is 31.5 Å². The molecular formula is C11H15N3O4. The maximum absolute atomic E-state index is 10.5. The number of rotatable bonds is 2. The first-order chi connectivity index (χ1) is 8.64. The molecule has 1 saturated heterocycles. The highest BCUT2D eigenvalue weighted by Crippen LogP contribution is 2.39. The summed E-state index contributed by atoms with van der Waals surface area (Å²) in [6.07, 6.45) is -0.0388. The molecule has 2 aliphatic rings. The fraction of sp³-hybridized carbons (Fsp3) is 0.545. The first kappa shape index (κ1) is 11.7. The van der Waals surface area contributed by atoms with Gasteiger partial charge < -0.3 is 25.4 Å². The highest BCUT2D eigenvalue weighted by Gasteiger charge is 2.50. The predicted molar refractivity (Wildman–Crippen MR) is 62.7 cm³/mol. The molecule has 1 aromatic rings. The van der Waals surface area contributed by atoms with E-state index in [1.165, 1.54) is 0 Å². The Bertz CT molecular complexity index is 458. The Morgan fingerprint density at radius 2 is 2.44 bits per heavy atom. The fourth-order valence-electron chi connectivity index (χ4n) is 2.38. The second-order valence-corrected chi connectivity index (χ2v) is 4.49. The van der Waals surface area contributed by atoms with Gasteiger partial charge in [-0.2, -0.15) is 0 Å². The third-order valence-corrected chi connectivity index (χ3v) is 3.32. The fourth-order valence-corrected chi connectivity index (χ4v) is 2.38. The van der Waals surface area contributed by atoms with E-state index in [2.05, 4.69) is 10.3 Å². The summed E-state index contributed by atoms with van der Waals surface area (Å²) in [5.74, 6) is -1.06. The van der Waals surface area contributed by atoms with Crippen LogP contribution in [-0.2, 0) is 4.74 Å². The molecule has 0 bridgehead atoms. The molecule has 0 aliphatic carbocycles. The van der Waals surface area contributed by atoms with Crippen LogP contribution in [0.1, 0.15) is 6.42 Å². The molecule has 7 nitrogen and oxygen atoms in total. The van der Waals surface area contributed by atoms with Crippen LogP contribution in [-0.4, -0.2) is 51.7 Å². The van der Waals surface area contributed by atoms with Gasteiger partial charge in [0.2, 0.25) is 0 Å². The van der Waals surface area contributed by atoms with E-state index in [-0.39, 0.29) is 13.0 Å². The highest BCUT2D eigenvalue weighted by molar-refractivity contribution is 5.71. The number of ether oxygens (including phenoxy) is 1. The minimum atomic E-state index is -1.64. The summed E-state index contributed by atoms with van der Waals surface area (Å²) in [7, 11) is 0. The molecule has 4 N–H and O–H groups in total. The van der Waals surface area contributed by atoms with E-state index in [0.717, 1.165) is 5.69 Å². The number of fused-ring (bicyclic) bond motifs is 1. The van der Waals surface area contributed by atoms with Crippen LogP contribution in [0.3, 0.4) is 0 Å². The van der Waals surface area contributed by atoms with Gasteiger partial charge in [-0.15, -0.1) is 0 Å². The Kier molecular flexibility index (Phi) is 2.63. The number of aromatic nitrogens is 1. The summed E-state index contributed by atoms with van der Waals surface area (Å²) in [6.45, 7) is 0.00748. The molecule has 18 heavy (non-hydrogen) atoms. The van der Waals surface area contributed by atoms with Crippen LogP contribution in [0.4, 0.5) is 11.5 Å². The molecule has 7 heteroatoms. The van der Waals surface area contributed by atoms with Crippen molar-refractivity contribution in [3.8, 4) is 0 Å². The first-order valence-electron chi connectivity index (χ1n) is 5.80. The third-order valence-electron chi connectivity index (χ3n) is 3.32. The summed E-state index contributed by atoms with van der Waals surface area (Å²) in [5, 5.41) is 32.3. The van der Waals surface area contributed by atoms with E-state index in [1.807, 2.05) is 6.07 Å². The van der Waals surface area contributed by atoms with Crippen LogP contribution in [0.25, 0.3) is 0 Å². The van der Waals surface area contributed by atoms with Crippen molar-refractivity contribution in [2.75, 3.05) is 23.5 Å². The molecule has 0 radical (unpaired) electrons. The first-order valence-corrected chi connectivity index (χ1v) is 5.80. The van der Waals surface area contributed by atoms with Crippen molar-refractivity contribution in [2.24, 2.45) is 0 Å². The lowest BCUT2D eigenvalue weighted by molar-refractivity contribution is -0.197. The normalized spacial score (nSPS) is 34.5. The Labute approximate surface area is 104 Å². The average molecular weight is 253 g/mol. The second-order valence-electron chi connectivity index (χ2n) is 4.49. The lowest BCUT2D eigenvalue weighted by Crippen LogP contribution is -2.49. The van der Waals surface area contributed by atoms with E-state index in [0.29, 0.717) is 12.5 Å². The van der Waals surface area contributed by atoms with Crippen LogP contribution in [0, 0.1) is 0 Å². The van der Waals surface area contributed by atoms with Gasteiger partial charge in [-0.3, -0.25) is 4.90 Å². The molecule has 0 unspecified atom stereocenters. The van der Waals surface area contributed by atoms with Crippen LogP contribution in [0.15, 0.2) is 18.3 Å². The lowest BCUT2D eigenvalue weighted by atomic mass is 10.1. The number of aliphatic hydroxyl groups excluding tert-OH is 2. The number of nitrogens with zero attached hydrogens (tertiary/aromatic N) is 2. The zero-order chi connectivity index (χ0) is 12.8. The molecule has 1 fully saturated rings. The van der Waals surface area contributed by atoms with Gasteiger partial charge in [-0.1, -0.05) is 0 Å². The molecule has 3 rings (SSSR count). The van der Waals surface area contributed by atoms with E-state index in [1.54, 1.807) is 17.2 Å². The number of pyridine rings is 1. The minimum Gasteiger partial charge on any atom is -0.394 e. The zero-order valence-electron chi connectivity index (χ0n) is 9.65. The van der Waals surface area contributed by atoms with Crippen molar-refractivity contribution in [3.63, 3.8) is 0 Å². The summed E-state index contributed by atoms with van der Waals surface area (Å²) in [4.78, 5) is 5.73. The van der Waals surface area contributed by atoms with Crippen LogP contribution in [0.5, 0.6) is 0 Å². The molecule has 0 saturated carbocycles. The van der Waals surface area contributed by atoms with Gasteiger partial charge in [0, 0.05) is 6.20 Å². The number of nitrogens with one attached hydrogen (secondary N) is 1. The topological polar surface area (TPSA) is 98.1 Å². The molecular weight excluding hydrogens is 238 g/mol. The van der Waals surface area contributed by atoms with E-state index in [9.17, 15) is 10.2 Å². The van der Waals surface area contributed by atoms with Crippen molar-refractivity contribution < 1.29 is 20.1 Å². The highest BCUT2D eigenvalue weighted by atomic mass is 16.7. The molecule has 98 valence electrons. The molecule has 3 atom stereocenters. The van der Waals surface area contributed by atoms with E-state index >= 15 is 0 Å². The molecule has 0 aromatic carbocycles. The summed E-state index contributed by atoms with van der Waals surface area (Å²) in [5.41, 5.74) is 0.802. The van der Waals surface area contributed by atoms with E-state index < -0.39 is 18.1 Å². The largest absolute Gasteiger partial charge is 0.394 e. The summed E-state index contributed by atoms with van der Waals surface area (Å²) >= 11 is 0. The van der Waals surface area contributed by atoms with Crippen molar-refractivity contribution >= 4 is 11.5 Å². The van der Waals surface area contributed by atoms with E-state index in [4.69, 9.17) is 9.84 Å². The molecule has 1 aromatic heterocycles. The Morgan fingerprint density at radius 3 is 3.17 bits per heavy atom. The lowest BCUT2D eigenvalue weighted by Gasteiger charge is -2.33. The number of hydrogen-bond donors (Lipinski definition) is 4. The van der Waals surface area contributed by atoms with Crippen LogP contribution >= 0.6 is 0 Å². The van der Waals surface area contributed by atoms with Crippen molar-refractivity contribution in [1.29, 1.82) is 0 Å². The van der Waals surface area contributed by atoms with Gasteiger partial charge in [-0.25, -0.2) is 4.98 Å².